The highest BCUT2D eigenvalue weighted by Crippen LogP contribution is 2.30. The Morgan fingerprint density at radius 2 is 1.48 bits per heavy atom. The number of benzene rings is 3. The second-order valence-corrected chi connectivity index (χ2v) is 8.69. The maximum atomic E-state index is 13.2. The molecule has 0 radical (unpaired) electrons. The van der Waals surface area contributed by atoms with Gasteiger partial charge in [-0.25, -0.2) is 13.1 Å². The van der Waals surface area contributed by atoms with Gasteiger partial charge in [-0.15, -0.1) is 0 Å². The summed E-state index contributed by atoms with van der Waals surface area (Å²) in [6.45, 7) is 0. The van der Waals surface area contributed by atoms with Crippen molar-refractivity contribution in [1.82, 2.24) is 9.78 Å². The predicted molar refractivity (Wildman–Crippen MR) is 116 cm³/mol. The third-order valence-corrected chi connectivity index (χ3v) is 6.33. The molecule has 0 atom stereocenters. The minimum Gasteiger partial charge on any atom is -0.279 e. The normalized spacial score (nSPS) is 11.4. The summed E-state index contributed by atoms with van der Waals surface area (Å²) in [5, 5.41) is 5.14. The smallest absolute Gasteiger partial charge is 0.265 e. The SMILES string of the molecule is O=S(=O)(Nc1ccc(Cl)c(Cl)c1)c1cn(-c2ccccc2)nc1-c1ccccc1. The van der Waals surface area contributed by atoms with Crippen LogP contribution in [-0.2, 0) is 10.0 Å². The Hall–Kier alpha value is -2.80. The maximum absolute atomic E-state index is 13.2. The Morgan fingerprint density at radius 1 is 0.828 bits per heavy atom. The van der Waals surface area contributed by atoms with Gasteiger partial charge in [0.25, 0.3) is 10.0 Å². The Labute approximate surface area is 178 Å². The molecule has 4 rings (SSSR count). The number of anilines is 1. The van der Waals surface area contributed by atoms with Crippen LogP contribution in [0.15, 0.2) is 90.0 Å². The van der Waals surface area contributed by atoms with Crippen molar-refractivity contribution in [1.29, 1.82) is 0 Å². The Bertz CT molecular complexity index is 1260. The van der Waals surface area contributed by atoms with Gasteiger partial charge in [0, 0.05) is 5.56 Å². The van der Waals surface area contributed by atoms with E-state index in [1.54, 1.807) is 10.7 Å². The zero-order valence-corrected chi connectivity index (χ0v) is 17.3. The summed E-state index contributed by atoms with van der Waals surface area (Å²) in [5.41, 5.74) is 2.10. The van der Waals surface area contributed by atoms with Gasteiger partial charge < -0.3 is 0 Å². The third-order valence-electron chi connectivity index (χ3n) is 4.21. The first-order valence-electron chi connectivity index (χ1n) is 8.62. The van der Waals surface area contributed by atoms with Gasteiger partial charge in [0.1, 0.15) is 10.6 Å². The highest BCUT2D eigenvalue weighted by atomic mass is 35.5. The molecule has 0 aliphatic carbocycles. The van der Waals surface area contributed by atoms with Crippen molar-refractivity contribution in [3.63, 3.8) is 0 Å². The first-order valence-corrected chi connectivity index (χ1v) is 10.9. The fourth-order valence-corrected chi connectivity index (χ4v) is 4.33. The number of aromatic nitrogens is 2. The van der Waals surface area contributed by atoms with Crippen LogP contribution < -0.4 is 4.72 Å². The highest BCUT2D eigenvalue weighted by molar-refractivity contribution is 7.92. The summed E-state index contributed by atoms with van der Waals surface area (Å²) in [7, 11) is -3.94. The molecule has 5 nitrogen and oxygen atoms in total. The van der Waals surface area contributed by atoms with Crippen LogP contribution in [0, 0.1) is 0 Å². The molecule has 8 heteroatoms. The van der Waals surface area contributed by atoms with Crippen molar-refractivity contribution in [3.05, 3.63) is 95.1 Å². The first-order chi connectivity index (χ1) is 13.9. The van der Waals surface area contributed by atoms with Crippen LogP contribution >= 0.6 is 23.2 Å². The summed E-state index contributed by atoms with van der Waals surface area (Å²) in [6, 6.07) is 23.0. The molecule has 1 heterocycles. The fraction of sp³-hybridized carbons (Fsp3) is 0. The van der Waals surface area contributed by atoms with E-state index >= 15 is 0 Å². The standard InChI is InChI=1S/C21H15Cl2N3O2S/c22-18-12-11-16(13-19(18)23)25-29(27,28)20-14-26(17-9-5-2-6-10-17)24-21(20)15-7-3-1-4-8-15/h1-14,25H. The molecule has 0 aliphatic rings. The minimum absolute atomic E-state index is 0.0543. The monoisotopic (exact) mass is 443 g/mol. The molecule has 146 valence electrons. The van der Waals surface area contributed by atoms with Crippen LogP contribution in [-0.4, -0.2) is 18.2 Å². The predicted octanol–water partition coefficient (Wildman–Crippen LogP) is 5.65. The summed E-state index contributed by atoms with van der Waals surface area (Å²) in [6.07, 6.45) is 1.50. The summed E-state index contributed by atoms with van der Waals surface area (Å²) < 4.78 is 30.5. The maximum Gasteiger partial charge on any atom is 0.265 e. The lowest BCUT2D eigenvalue weighted by molar-refractivity contribution is 0.601. The second-order valence-electron chi connectivity index (χ2n) is 6.22. The van der Waals surface area contributed by atoms with Gasteiger partial charge in [-0.2, -0.15) is 5.10 Å². The van der Waals surface area contributed by atoms with E-state index in [4.69, 9.17) is 23.2 Å². The fourth-order valence-electron chi connectivity index (χ4n) is 2.83. The van der Waals surface area contributed by atoms with Crippen LogP contribution in [0.5, 0.6) is 0 Å². The van der Waals surface area contributed by atoms with E-state index in [0.29, 0.717) is 22.0 Å². The minimum atomic E-state index is -3.94. The lowest BCUT2D eigenvalue weighted by Gasteiger charge is -2.09. The van der Waals surface area contributed by atoms with E-state index < -0.39 is 10.0 Å². The number of halogens is 2. The molecule has 0 fully saturated rings. The molecule has 3 aromatic carbocycles. The summed E-state index contributed by atoms with van der Waals surface area (Å²) in [5.74, 6) is 0. The van der Waals surface area contributed by atoms with Crippen molar-refractivity contribution in [2.45, 2.75) is 4.90 Å². The van der Waals surface area contributed by atoms with E-state index in [2.05, 4.69) is 9.82 Å². The summed E-state index contributed by atoms with van der Waals surface area (Å²) in [4.78, 5) is 0.0543. The molecule has 1 aromatic heterocycles. The van der Waals surface area contributed by atoms with E-state index in [9.17, 15) is 8.42 Å². The van der Waals surface area contributed by atoms with Gasteiger partial charge in [0.2, 0.25) is 0 Å². The van der Waals surface area contributed by atoms with Crippen molar-refractivity contribution in [3.8, 4) is 16.9 Å². The van der Waals surface area contributed by atoms with Crippen molar-refractivity contribution >= 4 is 38.9 Å². The summed E-state index contributed by atoms with van der Waals surface area (Å²) >= 11 is 11.9. The Kier molecular flexibility index (Phi) is 5.32. The van der Waals surface area contributed by atoms with E-state index in [1.165, 1.54) is 18.3 Å². The van der Waals surface area contributed by atoms with Crippen LogP contribution in [0.25, 0.3) is 16.9 Å². The molecule has 0 spiro atoms. The van der Waals surface area contributed by atoms with Gasteiger partial charge >= 0.3 is 0 Å². The number of sulfonamides is 1. The van der Waals surface area contributed by atoms with Crippen molar-refractivity contribution < 1.29 is 8.42 Å². The second kappa shape index (κ2) is 7.91. The number of nitrogens with zero attached hydrogens (tertiary/aromatic N) is 2. The lowest BCUT2D eigenvalue weighted by Crippen LogP contribution is -2.13. The molecular weight excluding hydrogens is 429 g/mol. The average molecular weight is 444 g/mol. The zero-order chi connectivity index (χ0) is 20.4. The topological polar surface area (TPSA) is 64.0 Å². The van der Waals surface area contributed by atoms with Crippen LogP contribution in [0.4, 0.5) is 5.69 Å². The number of nitrogens with one attached hydrogen (secondary N) is 1. The third kappa shape index (κ3) is 4.15. The lowest BCUT2D eigenvalue weighted by atomic mass is 10.2. The molecule has 0 saturated heterocycles. The van der Waals surface area contributed by atoms with Crippen LogP contribution in [0.1, 0.15) is 0 Å². The molecule has 29 heavy (non-hydrogen) atoms. The number of rotatable bonds is 5. The van der Waals surface area contributed by atoms with Crippen molar-refractivity contribution in [2.24, 2.45) is 0 Å². The molecule has 0 unspecified atom stereocenters. The molecule has 0 bridgehead atoms. The highest BCUT2D eigenvalue weighted by Gasteiger charge is 2.24. The first kappa shape index (κ1) is 19.5. The number of para-hydroxylation sites is 1. The molecule has 0 amide bonds. The number of hydrogen-bond donors (Lipinski definition) is 1. The van der Waals surface area contributed by atoms with Crippen LogP contribution in [0.2, 0.25) is 10.0 Å². The van der Waals surface area contributed by atoms with E-state index in [0.717, 1.165) is 5.69 Å². The van der Waals surface area contributed by atoms with E-state index in [-0.39, 0.29) is 9.92 Å². The average Bonchev–Trinajstić information content (AvgIpc) is 3.19. The molecule has 4 aromatic rings. The molecular formula is C21H15Cl2N3O2S. The van der Waals surface area contributed by atoms with Gasteiger partial charge in [0.05, 0.1) is 27.6 Å². The van der Waals surface area contributed by atoms with Gasteiger partial charge in [0.15, 0.2) is 0 Å². The Balaban J connectivity index is 1.82. The molecule has 1 N–H and O–H groups in total. The quantitative estimate of drug-likeness (QED) is 0.433. The van der Waals surface area contributed by atoms with Crippen LogP contribution in [0.3, 0.4) is 0 Å². The van der Waals surface area contributed by atoms with Gasteiger partial charge in [-0.05, 0) is 30.3 Å². The largest absolute Gasteiger partial charge is 0.279 e. The molecule has 0 saturated carbocycles. The van der Waals surface area contributed by atoms with E-state index in [1.807, 2.05) is 60.7 Å². The Morgan fingerprint density at radius 3 is 2.14 bits per heavy atom. The van der Waals surface area contributed by atoms with Crippen molar-refractivity contribution in [2.75, 3.05) is 4.72 Å². The zero-order valence-electron chi connectivity index (χ0n) is 15.0. The van der Waals surface area contributed by atoms with Gasteiger partial charge in [-0.3, -0.25) is 4.72 Å². The van der Waals surface area contributed by atoms with Gasteiger partial charge in [-0.1, -0.05) is 71.7 Å². The molecule has 0 aliphatic heterocycles. The number of hydrogen-bond acceptors (Lipinski definition) is 3.